The molecule has 0 saturated heterocycles. The Kier molecular flexibility index (Phi) is 4.52. The van der Waals surface area contributed by atoms with Gasteiger partial charge in [-0.15, -0.1) is 0 Å². The molecule has 0 aliphatic carbocycles. The van der Waals surface area contributed by atoms with E-state index in [2.05, 4.69) is 35.1 Å². The maximum absolute atomic E-state index is 8.54. The minimum Gasteiger partial charge on any atom is -0.185 e. The van der Waals surface area contributed by atoms with Gasteiger partial charge in [0.1, 0.15) is 10.8 Å². The van der Waals surface area contributed by atoms with Crippen molar-refractivity contribution in [2.45, 2.75) is 11.5 Å². The molecule has 0 amide bonds. The van der Waals surface area contributed by atoms with Gasteiger partial charge in [-0.05, 0) is 45.4 Å². The van der Waals surface area contributed by atoms with Gasteiger partial charge in [0.2, 0.25) is 0 Å². The number of thiocyanates is 2. The van der Waals surface area contributed by atoms with Crippen molar-refractivity contribution in [3.63, 3.8) is 0 Å². The summed E-state index contributed by atoms with van der Waals surface area (Å²) in [6, 6.07) is 12.5. The molecule has 0 bridgehead atoms. The molecule has 0 heterocycles. The fourth-order valence-corrected chi connectivity index (χ4v) is 2.58. The molecule has 2 aromatic rings. The second-order valence-electron chi connectivity index (χ2n) is 3.78. The molecule has 18 heavy (non-hydrogen) atoms. The van der Waals surface area contributed by atoms with E-state index in [9.17, 15) is 0 Å². The highest BCUT2D eigenvalue weighted by Gasteiger charge is 1.99. The van der Waals surface area contributed by atoms with Crippen molar-refractivity contribution >= 4 is 34.3 Å². The number of thioether (sulfide) groups is 2. The number of hydrogen-bond donors (Lipinski definition) is 0. The number of benzene rings is 2. The summed E-state index contributed by atoms with van der Waals surface area (Å²) in [5.74, 6) is 1.44. The first-order valence-electron chi connectivity index (χ1n) is 5.37. The predicted molar refractivity (Wildman–Crippen MR) is 77.8 cm³/mol. The molecule has 0 N–H and O–H groups in total. The van der Waals surface area contributed by atoms with Crippen LogP contribution >= 0.6 is 23.5 Å². The van der Waals surface area contributed by atoms with Crippen molar-refractivity contribution in [3.8, 4) is 10.8 Å². The molecule has 2 aromatic carbocycles. The quantitative estimate of drug-likeness (QED) is 0.778. The average Bonchev–Trinajstić information content (AvgIpc) is 2.42. The number of nitriles is 2. The van der Waals surface area contributed by atoms with Crippen molar-refractivity contribution < 1.29 is 0 Å². The van der Waals surface area contributed by atoms with Gasteiger partial charge < -0.3 is 0 Å². The van der Waals surface area contributed by atoms with Gasteiger partial charge in [0.05, 0.1) is 0 Å². The van der Waals surface area contributed by atoms with Crippen molar-refractivity contribution in [2.75, 3.05) is 0 Å². The van der Waals surface area contributed by atoms with Gasteiger partial charge in [-0.3, -0.25) is 0 Å². The highest BCUT2D eigenvalue weighted by molar-refractivity contribution is 8.03. The van der Waals surface area contributed by atoms with Crippen LogP contribution in [0.3, 0.4) is 0 Å². The SMILES string of the molecule is N#CSCc1ccc2cc(CSC#N)ccc2c1. The van der Waals surface area contributed by atoms with Crippen LogP contribution in [0, 0.1) is 21.3 Å². The smallest absolute Gasteiger partial charge is 0.133 e. The maximum Gasteiger partial charge on any atom is 0.133 e. The summed E-state index contributed by atoms with van der Waals surface area (Å²) in [5.41, 5.74) is 2.32. The van der Waals surface area contributed by atoms with E-state index in [0.717, 1.165) is 22.6 Å². The zero-order chi connectivity index (χ0) is 12.8. The Morgan fingerprint density at radius 3 is 1.61 bits per heavy atom. The topological polar surface area (TPSA) is 47.6 Å². The van der Waals surface area contributed by atoms with Crippen LogP contribution in [0.2, 0.25) is 0 Å². The number of rotatable bonds is 4. The van der Waals surface area contributed by atoms with E-state index < -0.39 is 0 Å². The molecule has 2 nitrogen and oxygen atoms in total. The summed E-state index contributed by atoms with van der Waals surface area (Å²) < 4.78 is 0. The van der Waals surface area contributed by atoms with Crippen LogP contribution in [0.1, 0.15) is 11.1 Å². The van der Waals surface area contributed by atoms with E-state index in [-0.39, 0.29) is 0 Å². The third-order valence-corrected chi connectivity index (χ3v) is 3.79. The molecule has 0 saturated carbocycles. The molecule has 0 fully saturated rings. The van der Waals surface area contributed by atoms with Crippen LogP contribution in [0.15, 0.2) is 36.4 Å². The Bertz CT molecular complexity index is 581. The highest BCUT2D eigenvalue weighted by Crippen LogP contribution is 2.22. The monoisotopic (exact) mass is 270 g/mol. The summed E-state index contributed by atoms with van der Waals surface area (Å²) in [4.78, 5) is 0. The zero-order valence-electron chi connectivity index (χ0n) is 9.59. The van der Waals surface area contributed by atoms with Crippen LogP contribution < -0.4 is 0 Å². The molecule has 2 rings (SSSR count). The van der Waals surface area contributed by atoms with E-state index >= 15 is 0 Å². The lowest BCUT2D eigenvalue weighted by molar-refractivity contribution is 1.42. The minimum absolute atomic E-state index is 0.721. The van der Waals surface area contributed by atoms with Gasteiger partial charge >= 0.3 is 0 Å². The van der Waals surface area contributed by atoms with Crippen LogP contribution in [-0.2, 0) is 11.5 Å². The third kappa shape index (κ3) is 3.20. The number of hydrogen-bond acceptors (Lipinski definition) is 4. The van der Waals surface area contributed by atoms with Gasteiger partial charge in [-0.1, -0.05) is 36.4 Å². The van der Waals surface area contributed by atoms with Gasteiger partial charge in [-0.2, -0.15) is 10.5 Å². The summed E-state index contributed by atoms with van der Waals surface area (Å²) in [6.45, 7) is 0. The fourth-order valence-electron chi connectivity index (χ4n) is 1.76. The van der Waals surface area contributed by atoms with Crippen molar-refractivity contribution in [1.82, 2.24) is 0 Å². The largest absolute Gasteiger partial charge is 0.185 e. The molecule has 0 aliphatic heterocycles. The van der Waals surface area contributed by atoms with Crippen LogP contribution in [0.25, 0.3) is 10.8 Å². The summed E-state index contributed by atoms with van der Waals surface area (Å²) in [6.07, 6.45) is 0. The van der Waals surface area contributed by atoms with Crippen molar-refractivity contribution in [3.05, 3.63) is 47.5 Å². The lowest BCUT2D eigenvalue weighted by Crippen LogP contribution is -1.83. The van der Waals surface area contributed by atoms with Gasteiger partial charge in [0.25, 0.3) is 0 Å². The molecule has 0 spiro atoms. The normalized spacial score (nSPS) is 9.89. The van der Waals surface area contributed by atoms with E-state index in [0.29, 0.717) is 0 Å². The van der Waals surface area contributed by atoms with E-state index in [4.69, 9.17) is 10.5 Å². The second kappa shape index (κ2) is 6.35. The standard InChI is InChI=1S/C14H10N2S2/c15-9-17-7-11-1-3-13-6-12(8-18-10-16)2-4-14(13)5-11/h1-6H,7-8H2. The molecular weight excluding hydrogens is 260 g/mol. The number of fused-ring (bicyclic) bond motifs is 1. The molecule has 0 atom stereocenters. The molecule has 0 aromatic heterocycles. The predicted octanol–water partition coefficient (Wildman–Crippen LogP) is 4.27. The minimum atomic E-state index is 0.721. The van der Waals surface area contributed by atoms with Crippen LogP contribution in [0.4, 0.5) is 0 Å². The van der Waals surface area contributed by atoms with Gasteiger partial charge in [0.15, 0.2) is 0 Å². The van der Waals surface area contributed by atoms with E-state index in [1.54, 1.807) is 0 Å². The molecule has 0 aliphatic rings. The van der Waals surface area contributed by atoms with E-state index in [1.807, 2.05) is 12.1 Å². The lowest BCUT2D eigenvalue weighted by Gasteiger charge is -2.04. The summed E-state index contributed by atoms with van der Waals surface area (Å²) in [7, 11) is 0. The molecule has 88 valence electrons. The first-order chi connectivity index (χ1) is 8.83. The Balaban J connectivity index is 2.25. The van der Waals surface area contributed by atoms with Crippen LogP contribution in [-0.4, -0.2) is 0 Å². The third-order valence-electron chi connectivity index (χ3n) is 2.58. The summed E-state index contributed by atoms with van der Waals surface area (Å²) in [5, 5.41) is 23.6. The molecule has 0 radical (unpaired) electrons. The average molecular weight is 270 g/mol. The number of nitrogens with zero attached hydrogens (tertiary/aromatic N) is 2. The first kappa shape index (κ1) is 12.8. The van der Waals surface area contributed by atoms with Crippen molar-refractivity contribution in [1.29, 1.82) is 10.5 Å². The second-order valence-corrected chi connectivity index (χ2v) is 5.30. The Morgan fingerprint density at radius 2 is 1.22 bits per heavy atom. The van der Waals surface area contributed by atoms with Crippen LogP contribution in [0.5, 0.6) is 0 Å². The Morgan fingerprint density at radius 1 is 0.778 bits per heavy atom. The maximum atomic E-state index is 8.54. The molecule has 4 heteroatoms. The first-order valence-corrected chi connectivity index (χ1v) is 7.34. The fraction of sp³-hybridized carbons (Fsp3) is 0.143. The van der Waals surface area contributed by atoms with Crippen molar-refractivity contribution in [2.24, 2.45) is 0 Å². The molecular formula is C14H10N2S2. The van der Waals surface area contributed by atoms with Gasteiger partial charge in [0, 0.05) is 11.5 Å². The Hall–Kier alpha value is -1.62. The van der Waals surface area contributed by atoms with Gasteiger partial charge in [-0.25, -0.2) is 0 Å². The Labute approximate surface area is 115 Å². The molecule has 0 unspecified atom stereocenters. The highest BCUT2D eigenvalue weighted by atomic mass is 32.2. The zero-order valence-corrected chi connectivity index (χ0v) is 11.2. The van der Waals surface area contributed by atoms with E-state index in [1.165, 1.54) is 34.3 Å². The summed E-state index contributed by atoms with van der Waals surface area (Å²) >= 11 is 2.50. The lowest BCUT2D eigenvalue weighted by atomic mass is 10.1.